The molecule has 0 heterocycles. The SMILES string of the molecule is Cc1cc(C(C)(C)C)c(C(C)C)cc1OS(=O)(=O)C(F)(F)F. The number of alkyl halides is 3. The zero-order valence-electron chi connectivity index (χ0n) is 13.5. The average Bonchev–Trinajstić information content (AvgIpc) is 2.27. The molecule has 0 fully saturated rings. The van der Waals surface area contributed by atoms with Crippen LogP contribution in [0.4, 0.5) is 13.2 Å². The second-order valence-corrected chi connectivity index (χ2v) is 8.13. The van der Waals surface area contributed by atoms with Gasteiger partial charge in [-0.1, -0.05) is 40.7 Å². The molecule has 0 bridgehead atoms. The molecule has 126 valence electrons. The van der Waals surface area contributed by atoms with Crippen LogP contribution in [0.2, 0.25) is 0 Å². The van der Waals surface area contributed by atoms with Crippen molar-refractivity contribution in [2.24, 2.45) is 0 Å². The van der Waals surface area contributed by atoms with Crippen molar-refractivity contribution in [3.05, 3.63) is 28.8 Å². The van der Waals surface area contributed by atoms with Crippen LogP contribution >= 0.6 is 0 Å². The van der Waals surface area contributed by atoms with Gasteiger partial charge in [-0.15, -0.1) is 0 Å². The van der Waals surface area contributed by atoms with E-state index in [1.165, 1.54) is 13.0 Å². The van der Waals surface area contributed by atoms with E-state index in [9.17, 15) is 21.6 Å². The Bertz CT molecular complexity index is 654. The Balaban J connectivity index is 3.45. The molecule has 7 heteroatoms. The molecule has 0 amide bonds. The highest BCUT2D eigenvalue weighted by atomic mass is 32.2. The zero-order valence-corrected chi connectivity index (χ0v) is 14.3. The Morgan fingerprint density at radius 2 is 1.59 bits per heavy atom. The number of benzene rings is 1. The summed E-state index contributed by atoms with van der Waals surface area (Å²) in [6.45, 7) is 11.3. The predicted octanol–water partition coefficient (Wildman–Crippen LogP) is 4.64. The minimum Gasteiger partial charge on any atom is -0.376 e. The quantitative estimate of drug-likeness (QED) is 0.595. The number of rotatable bonds is 3. The van der Waals surface area contributed by atoms with Gasteiger partial charge in [-0.3, -0.25) is 0 Å². The summed E-state index contributed by atoms with van der Waals surface area (Å²) in [5, 5.41) is 0. The number of hydrogen-bond acceptors (Lipinski definition) is 3. The van der Waals surface area contributed by atoms with Gasteiger partial charge in [0.05, 0.1) is 0 Å². The van der Waals surface area contributed by atoms with Gasteiger partial charge in [0.2, 0.25) is 0 Å². The fourth-order valence-electron chi connectivity index (χ4n) is 2.09. The van der Waals surface area contributed by atoms with E-state index >= 15 is 0 Å². The third-order valence-electron chi connectivity index (χ3n) is 3.26. The first kappa shape index (κ1) is 18.8. The standard InChI is InChI=1S/C15H21F3O3S/c1-9(2)11-8-13(21-22(19,20)15(16,17)18)10(3)7-12(11)14(4,5)6/h7-9H,1-6H3. The van der Waals surface area contributed by atoms with Crippen molar-refractivity contribution < 1.29 is 25.8 Å². The lowest BCUT2D eigenvalue weighted by molar-refractivity contribution is -0.0500. The second-order valence-electron chi connectivity index (χ2n) is 6.59. The molecular formula is C15H21F3O3S. The van der Waals surface area contributed by atoms with Crippen LogP contribution in [0.1, 0.15) is 57.2 Å². The Hall–Kier alpha value is -1.24. The molecule has 0 unspecified atom stereocenters. The van der Waals surface area contributed by atoms with Crippen molar-refractivity contribution in [1.82, 2.24) is 0 Å². The van der Waals surface area contributed by atoms with E-state index in [1.54, 1.807) is 6.07 Å². The molecule has 0 spiro atoms. The minimum absolute atomic E-state index is 0.0192. The van der Waals surface area contributed by atoms with Crippen molar-refractivity contribution in [3.63, 3.8) is 0 Å². The molecule has 0 atom stereocenters. The van der Waals surface area contributed by atoms with E-state index in [0.29, 0.717) is 5.56 Å². The molecule has 0 saturated heterocycles. The van der Waals surface area contributed by atoms with Crippen molar-refractivity contribution in [3.8, 4) is 5.75 Å². The van der Waals surface area contributed by atoms with Gasteiger partial charge in [0.15, 0.2) is 0 Å². The van der Waals surface area contributed by atoms with Crippen LogP contribution in [0.5, 0.6) is 5.75 Å². The molecule has 0 saturated carbocycles. The molecule has 0 aliphatic heterocycles. The van der Waals surface area contributed by atoms with E-state index in [2.05, 4.69) is 4.18 Å². The van der Waals surface area contributed by atoms with Crippen molar-refractivity contribution in [2.75, 3.05) is 0 Å². The Kier molecular flexibility index (Phi) is 4.92. The van der Waals surface area contributed by atoms with E-state index in [0.717, 1.165) is 11.1 Å². The van der Waals surface area contributed by atoms with Crippen molar-refractivity contribution >= 4 is 10.1 Å². The molecular weight excluding hydrogens is 317 g/mol. The van der Waals surface area contributed by atoms with E-state index in [1.807, 2.05) is 34.6 Å². The smallest absolute Gasteiger partial charge is 0.376 e. The number of hydrogen-bond donors (Lipinski definition) is 0. The highest BCUT2D eigenvalue weighted by molar-refractivity contribution is 7.88. The first-order valence-electron chi connectivity index (χ1n) is 6.82. The number of halogens is 3. The summed E-state index contributed by atoms with van der Waals surface area (Å²) in [4.78, 5) is 0. The second kappa shape index (κ2) is 5.76. The van der Waals surface area contributed by atoms with Gasteiger partial charge < -0.3 is 4.18 Å². The first-order chi connectivity index (χ1) is 9.67. The Morgan fingerprint density at radius 1 is 1.09 bits per heavy atom. The molecule has 22 heavy (non-hydrogen) atoms. The van der Waals surface area contributed by atoms with Crippen LogP contribution < -0.4 is 4.18 Å². The van der Waals surface area contributed by atoms with Crippen LogP contribution in [0.25, 0.3) is 0 Å². The van der Waals surface area contributed by atoms with Crippen molar-refractivity contribution in [2.45, 2.75) is 58.4 Å². The summed E-state index contributed by atoms with van der Waals surface area (Å²) in [6, 6.07) is 3.08. The lowest BCUT2D eigenvalue weighted by atomic mass is 9.80. The lowest BCUT2D eigenvalue weighted by Gasteiger charge is -2.26. The third kappa shape index (κ3) is 3.94. The van der Waals surface area contributed by atoms with Gasteiger partial charge in [-0.25, -0.2) is 0 Å². The molecule has 0 aromatic heterocycles. The predicted molar refractivity (Wildman–Crippen MR) is 79.6 cm³/mol. The summed E-state index contributed by atoms with van der Waals surface area (Å²) in [6.07, 6.45) is 0. The van der Waals surface area contributed by atoms with Crippen LogP contribution in [-0.2, 0) is 15.5 Å². The molecule has 0 radical (unpaired) electrons. The van der Waals surface area contributed by atoms with E-state index < -0.39 is 15.6 Å². The largest absolute Gasteiger partial charge is 0.534 e. The van der Waals surface area contributed by atoms with Gasteiger partial charge in [0.25, 0.3) is 0 Å². The van der Waals surface area contributed by atoms with Crippen LogP contribution in [0.3, 0.4) is 0 Å². The van der Waals surface area contributed by atoms with Gasteiger partial charge in [-0.2, -0.15) is 21.6 Å². The summed E-state index contributed by atoms with van der Waals surface area (Å²) in [5.74, 6) is -0.264. The summed E-state index contributed by atoms with van der Waals surface area (Å²) in [5.41, 5.74) is -3.59. The number of aryl methyl sites for hydroxylation is 1. The average molecular weight is 338 g/mol. The van der Waals surface area contributed by atoms with E-state index in [-0.39, 0.29) is 17.1 Å². The highest BCUT2D eigenvalue weighted by Gasteiger charge is 2.48. The normalized spacial score (nSPS) is 13.5. The van der Waals surface area contributed by atoms with Crippen LogP contribution in [0, 0.1) is 6.92 Å². The molecule has 1 aromatic carbocycles. The molecule has 0 aliphatic rings. The fraction of sp³-hybridized carbons (Fsp3) is 0.600. The third-order valence-corrected chi connectivity index (χ3v) is 4.23. The molecule has 1 rings (SSSR count). The van der Waals surface area contributed by atoms with E-state index in [4.69, 9.17) is 0 Å². The topological polar surface area (TPSA) is 43.4 Å². The molecule has 3 nitrogen and oxygen atoms in total. The maximum atomic E-state index is 12.5. The van der Waals surface area contributed by atoms with Crippen LogP contribution in [-0.4, -0.2) is 13.9 Å². The minimum atomic E-state index is -5.66. The maximum Gasteiger partial charge on any atom is 0.534 e. The fourth-order valence-corrected chi connectivity index (χ4v) is 2.60. The molecule has 0 N–H and O–H groups in total. The highest BCUT2D eigenvalue weighted by Crippen LogP contribution is 2.37. The van der Waals surface area contributed by atoms with Crippen LogP contribution in [0.15, 0.2) is 12.1 Å². The maximum absolute atomic E-state index is 12.5. The first-order valence-corrected chi connectivity index (χ1v) is 8.23. The summed E-state index contributed by atoms with van der Waals surface area (Å²) >= 11 is 0. The summed E-state index contributed by atoms with van der Waals surface area (Å²) in [7, 11) is -5.66. The summed E-state index contributed by atoms with van der Waals surface area (Å²) < 4.78 is 64.1. The zero-order chi connectivity index (χ0) is 17.5. The lowest BCUT2D eigenvalue weighted by Crippen LogP contribution is -2.28. The van der Waals surface area contributed by atoms with Gasteiger partial charge in [0, 0.05) is 0 Å². The molecule has 1 aromatic rings. The van der Waals surface area contributed by atoms with Gasteiger partial charge in [-0.05, 0) is 41.0 Å². The van der Waals surface area contributed by atoms with Gasteiger partial charge in [0.1, 0.15) is 5.75 Å². The van der Waals surface area contributed by atoms with Crippen molar-refractivity contribution in [1.29, 1.82) is 0 Å². The Morgan fingerprint density at radius 3 is 1.95 bits per heavy atom. The van der Waals surface area contributed by atoms with Gasteiger partial charge >= 0.3 is 15.6 Å². The monoisotopic (exact) mass is 338 g/mol. The Labute approximate surface area is 129 Å². The molecule has 0 aliphatic carbocycles.